The lowest BCUT2D eigenvalue weighted by Gasteiger charge is -2.08. The number of amides is 1. The molecule has 1 amide bonds. The number of pyridine rings is 1. The summed E-state index contributed by atoms with van der Waals surface area (Å²) in [5.74, 6) is 6.10. The number of nitrogens with one attached hydrogen (secondary N) is 1. The highest BCUT2D eigenvalue weighted by Crippen LogP contribution is 2.18. The lowest BCUT2D eigenvalue weighted by molar-refractivity contribution is 0.102. The van der Waals surface area contributed by atoms with Gasteiger partial charge in [0, 0.05) is 53.1 Å². The summed E-state index contributed by atoms with van der Waals surface area (Å²) in [6.07, 6.45) is 5.30. The SMILES string of the molecule is CC.CN=Cc1c(C)cncc1C#Cc1cccc(NC(=O)c2ccc(Cl)cc2C)c1. The van der Waals surface area contributed by atoms with Gasteiger partial charge in [0.1, 0.15) is 0 Å². The highest BCUT2D eigenvalue weighted by Gasteiger charge is 2.09. The largest absolute Gasteiger partial charge is 0.322 e. The molecule has 1 aromatic heterocycles. The predicted molar refractivity (Wildman–Crippen MR) is 130 cm³/mol. The maximum atomic E-state index is 12.6. The van der Waals surface area contributed by atoms with Crippen molar-refractivity contribution in [2.24, 2.45) is 4.99 Å². The smallest absolute Gasteiger partial charge is 0.255 e. The zero-order chi connectivity index (χ0) is 22.8. The average molecular weight is 432 g/mol. The van der Waals surface area contributed by atoms with Crippen LogP contribution in [0.2, 0.25) is 5.02 Å². The van der Waals surface area contributed by atoms with Crippen molar-refractivity contribution in [1.82, 2.24) is 4.98 Å². The molecule has 3 aromatic rings. The number of carbonyl (C=O) groups is 1. The molecule has 0 atom stereocenters. The second-order valence-electron chi connectivity index (χ2n) is 6.55. The highest BCUT2D eigenvalue weighted by atomic mass is 35.5. The molecule has 0 saturated carbocycles. The summed E-state index contributed by atoms with van der Waals surface area (Å²) >= 11 is 5.97. The van der Waals surface area contributed by atoms with E-state index < -0.39 is 0 Å². The van der Waals surface area contributed by atoms with Crippen LogP contribution < -0.4 is 5.32 Å². The molecular formula is C26H26ClN3O. The third kappa shape index (κ3) is 6.53. The van der Waals surface area contributed by atoms with Crippen molar-refractivity contribution in [3.05, 3.63) is 93.3 Å². The fraction of sp³-hybridized carbons (Fsp3) is 0.192. The van der Waals surface area contributed by atoms with E-state index in [2.05, 4.69) is 27.1 Å². The molecule has 31 heavy (non-hydrogen) atoms. The number of halogens is 1. The number of anilines is 1. The maximum absolute atomic E-state index is 12.6. The molecule has 0 spiro atoms. The van der Waals surface area contributed by atoms with E-state index in [0.29, 0.717) is 16.3 Å². The van der Waals surface area contributed by atoms with Crippen LogP contribution in [0.25, 0.3) is 0 Å². The Kier molecular flexibility index (Phi) is 8.99. The van der Waals surface area contributed by atoms with Gasteiger partial charge in [-0.05, 0) is 61.4 Å². The van der Waals surface area contributed by atoms with Gasteiger partial charge in [0.2, 0.25) is 0 Å². The summed E-state index contributed by atoms with van der Waals surface area (Å²) in [4.78, 5) is 20.9. The van der Waals surface area contributed by atoms with Crippen molar-refractivity contribution in [3.63, 3.8) is 0 Å². The summed E-state index contributed by atoms with van der Waals surface area (Å²) in [5, 5.41) is 3.52. The number of hydrogen-bond acceptors (Lipinski definition) is 3. The van der Waals surface area contributed by atoms with Gasteiger partial charge < -0.3 is 5.32 Å². The zero-order valence-corrected chi connectivity index (χ0v) is 19.2. The van der Waals surface area contributed by atoms with Crippen molar-refractivity contribution in [2.75, 3.05) is 12.4 Å². The average Bonchev–Trinajstić information content (AvgIpc) is 2.76. The van der Waals surface area contributed by atoms with E-state index in [1.807, 2.05) is 52.0 Å². The second kappa shape index (κ2) is 11.7. The minimum atomic E-state index is -0.186. The van der Waals surface area contributed by atoms with Crippen LogP contribution in [0.1, 0.15) is 52.0 Å². The molecule has 158 valence electrons. The predicted octanol–water partition coefficient (Wildman–Crippen LogP) is 6.08. The second-order valence-corrected chi connectivity index (χ2v) is 6.99. The fourth-order valence-electron chi connectivity index (χ4n) is 2.87. The van der Waals surface area contributed by atoms with Crippen LogP contribution in [0.15, 0.2) is 59.9 Å². The first-order valence-corrected chi connectivity index (χ1v) is 10.4. The van der Waals surface area contributed by atoms with Crippen LogP contribution in [0, 0.1) is 25.7 Å². The standard InChI is InChI=1S/C24H20ClN3O.C2H6/c1-16-11-20(25)9-10-22(16)24(29)28-21-6-4-5-18(12-21)7-8-19-14-27-13-17(2)23(19)15-26-3;1-2/h4-6,9-15H,1-3H3,(H,28,29);1-2H3. The van der Waals surface area contributed by atoms with Gasteiger partial charge in [-0.3, -0.25) is 14.8 Å². The quantitative estimate of drug-likeness (QED) is 0.403. The van der Waals surface area contributed by atoms with E-state index in [0.717, 1.165) is 27.8 Å². The van der Waals surface area contributed by atoms with Gasteiger partial charge in [-0.2, -0.15) is 0 Å². The Bertz CT molecular complexity index is 1160. The molecule has 0 unspecified atom stereocenters. The first kappa shape index (κ1) is 23.9. The maximum Gasteiger partial charge on any atom is 0.255 e. The molecule has 0 bridgehead atoms. The molecule has 0 aliphatic heterocycles. The minimum absolute atomic E-state index is 0.186. The molecule has 3 rings (SSSR count). The van der Waals surface area contributed by atoms with Crippen LogP contribution in [0.5, 0.6) is 0 Å². The van der Waals surface area contributed by atoms with Gasteiger partial charge in [0.25, 0.3) is 5.91 Å². The van der Waals surface area contributed by atoms with E-state index in [1.165, 1.54) is 0 Å². The van der Waals surface area contributed by atoms with Crippen molar-refractivity contribution in [2.45, 2.75) is 27.7 Å². The van der Waals surface area contributed by atoms with E-state index >= 15 is 0 Å². The summed E-state index contributed by atoms with van der Waals surface area (Å²) < 4.78 is 0. The number of nitrogens with zero attached hydrogens (tertiary/aromatic N) is 2. The van der Waals surface area contributed by atoms with Gasteiger partial charge in [0.15, 0.2) is 0 Å². The summed E-state index contributed by atoms with van der Waals surface area (Å²) in [5.41, 5.74) is 5.65. The molecule has 1 N–H and O–H groups in total. The van der Waals surface area contributed by atoms with E-state index in [-0.39, 0.29) is 5.91 Å². The number of aliphatic imine (C=N–C) groups is 1. The molecular weight excluding hydrogens is 406 g/mol. The number of aromatic nitrogens is 1. The Morgan fingerprint density at radius 1 is 1.06 bits per heavy atom. The minimum Gasteiger partial charge on any atom is -0.322 e. The molecule has 0 aliphatic carbocycles. The Balaban J connectivity index is 0.00000166. The first-order chi connectivity index (χ1) is 15.0. The van der Waals surface area contributed by atoms with Crippen molar-refractivity contribution >= 4 is 29.4 Å². The number of aryl methyl sites for hydroxylation is 2. The number of rotatable bonds is 3. The van der Waals surface area contributed by atoms with Gasteiger partial charge in [0.05, 0.1) is 5.56 Å². The molecule has 0 fully saturated rings. The topological polar surface area (TPSA) is 54.4 Å². The molecule has 4 nitrogen and oxygen atoms in total. The van der Waals surface area contributed by atoms with Crippen LogP contribution in [0.3, 0.4) is 0 Å². The highest BCUT2D eigenvalue weighted by molar-refractivity contribution is 6.30. The third-order valence-corrected chi connectivity index (χ3v) is 4.58. The van der Waals surface area contributed by atoms with Crippen LogP contribution in [-0.2, 0) is 0 Å². The summed E-state index contributed by atoms with van der Waals surface area (Å²) in [6, 6.07) is 12.6. The normalized spacial score (nSPS) is 10.0. The Morgan fingerprint density at radius 3 is 2.55 bits per heavy atom. The number of hydrogen-bond donors (Lipinski definition) is 1. The summed E-state index contributed by atoms with van der Waals surface area (Å²) in [7, 11) is 1.73. The molecule has 1 heterocycles. The fourth-order valence-corrected chi connectivity index (χ4v) is 3.10. The van der Waals surface area contributed by atoms with Crippen molar-refractivity contribution in [3.8, 4) is 11.8 Å². The van der Waals surface area contributed by atoms with Gasteiger partial charge in [-0.1, -0.05) is 43.4 Å². The van der Waals surface area contributed by atoms with Crippen molar-refractivity contribution in [1.29, 1.82) is 0 Å². The van der Waals surface area contributed by atoms with Gasteiger partial charge in [-0.25, -0.2) is 0 Å². The van der Waals surface area contributed by atoms with Crippen LogP contribution in [-0.4, -0.2) is 24.2 Å². The number of benzene rings is 2. The van der Waals surface area contributed by atoms with Gasteiger partial charge in [-0.15, -0.1) is 0 Å². The number of carbonyl (C=O) groups excluding carboxylic acids is 1. The zero-order valence-electron chi connectivity index (χ0n) is 18.5. The van der Waals surface area contributed by atoms with Crippen molar-refractivity contribution < 1.29 is 4.79 Å². The monoisotopic (exact) mass is 431 g/mol. The lowest BCUT2D eigenvalue weighted by atomic mass is 10.1. The molecule has 0 aliphatic rings. The lowest BCUT2D eigenvalue weighted by Crippen LogP contribution is -2.13. The first-order valence-electron chi connectivity index (χ1n) is 10.0. The third-order valence-electron chi connectivity index (χ3n) is 4.34. The van der Waals surface area contributed by atoms with Crippen LogP contribution >= 0.6 is 11.6 Å². The van der Waals surface area contributed by atoms with E-state index in [9.17, 15) is 4.79 Å². The van der Waals surface area contributed by atoms with E-state index in [1.54, 1.807) is 43.9 Å². The Morgan fingerprint density at radius 2 is 1.84 bits per heavy atom. The Hall–Kier alpha value is -3.42. The van der Waals surface area contributed by atoms with Crippen LogP contribution in [0.4, 0.5) is 5.69 Å². The van der Waals surface area contributed by atoms with Gasteiger partial charge >= 0.3 is 0 Å². The molecule has 0 saturated heterocycles. The molecule has 5 heteroatoms. The molecule has 0 radical (unpaired) electrons. The summed E-state index contributed by atoms with van der Waals surface area (Å²) in [6.45, 7) is 7.83. The van der Waals surface area contributed by atoms with E-state index in [4.69, 9.17) is 11.6 Å². The molecule has 2 aromatic carbocycles. The Labute approximate surface area is 189 Å².